The minimum absolute atomic E-state index is 0.00911. The molecule has 2 atom stereocenters. The number of methoxy groups -OCH3 is 1. The van der Waals surface area contributed by atoms with Crippen LogP contribution in [0.25, 0.3) is 39.3 Å². The molecule has 234 valence electrons. The number of aromatic nitrogens is 6. The van der Waals surface area contributed by atoms with Gasteiger partial charge in [-0.05, 0) is 61.4 Å². The van der Waals surface area contributed by atoms with Crippen LogP contribution in [0.2, 0.25) is 0 Å². The van der Waals surface area contributed by atoms with Crippen LogP contribution in [-0.4, -0.2) is 78.7 Å². The number of pyridine rings is 1. The maximum Gasteiger partial charge on any atom is 0.254 e. The highest BCUT2D eigenvalue weighted by molar-refractivity contribution is 6.00. The van der Waals surface area contributed by atoms with E-state index in [9.17, 15) is 9.18 Å². The van der Waals surface area contributed by atoms with Crippen LogP contribution in [0.3, 0.4) is 0 Å². The second-order valence-electron chi connectivity index (χ2n) is 11.9. The first-order valence-corrected chi connectivity index (χ1v) is 15.5. The van der Waals surface area contributed by atoms with E-state index in [1.54, 1.807) is 25.4 Å². The van der Waals surface area contributed by atoms with Gasteiger partial charge < -0.3 is 29.2 Å². The molecule has 6 aromatic rings. The Bertz CT molecular complexity index is 2090. The molecule has 2 bridgehead atoms. The van der Waals surface area contributed by atoms with E-state index in [1.807, 2.05) is 53.3 Å². The number of piperidine rings is 1. The van der Waals surface area contributed by atoms with Gasteiger partial charge in [0.2, 0.25) is 0 Å². The number of aryl methyl sites for hydroxylation is 1. The summed E-state index contributed by atoms with van der Waals surface area (Å²) >= 11 is 0. The quantitative estimate of drug-likeness (QED) is 0.301. The summed E-state index contributed by atoms with van der Waals surface area (Å²) in [6, 6.07) is 18.9. The smallest absolute Gasteiger partial charge is 0.254 e. The van der Waals surface area contributed by atoms with Gasteiger partial charge in [-0.2, -0.15) is 5.10 Å². The minimum atomic E-state index is -1.16. The molecule has 0 aliphatic carbocycles. The van der Waals surface area contributed by atoms with E-state index in [0.29, 0.717) is 48.9 Å². The molecule has 1 saturated heterocycles. The number of ether oxygens (including phenoxy) is 2. The zero-order valence-corrected chi connectivity index (χ0v) is 25.3. The van der Waals surface area contributed by atoms with Crippen molar-refractivity contribution in [2.45, 2.75) is 38.1 Å². The molecule has 4 aromatic heterocycles. The van der Waals surface area contributed by atoms with Gasteiger partial charge in [-0.15, -0.1) is 0 Å². The lowest BCUT2D eigenvalue weighted by Gasteiger charge is -2.33. The van der Waals surface area contributed by atoms with Gasteiger partial charge in [0.15, 0.2) is 5.82 Å². The van der Waals surface area contributed by atoms with Crippen molar-refractivity contribution in [1.29, 1.82) is 0 Å². The average Bonchev–Trinajstić information content (AvgIpc) is 3.77. The van der Waals surface area contributed by atoms with Crippen LogP contribution >= 0.6 is 0 Å². The summed E-state index contributed by atoms with van der Waals surface area (Å²) in [7, 11) is 1.58. The fourth-order valence-electron chi connectivity index (χ4n) is 6.70. The van der Waals surface area contributed by atoms with Crippen LogP contribution in [0, 0.1) is 0 Å². The molecular weight excluding hydrogens is 587 g/mol. The molecule has 12 heteroatoms. The number of fused-ring (bicyclic) bond motifs is 11. The molecule has 6 heterocycles. The summed E-state index contributed by atoms with van der Waals surface area (Å²) in [6.45, 7) is 1.82. The molecule has 11 nitrogen and oxygen atoms in total. The van der Waals surface area contributed by atoms with E-state index in [4.69, 9.17) is 30.3 Å². The van der Waals surface area contributed by atoms with Crippen molar-refractivity contribution in [3.8, 4) is 28.7 Å². The minimum Gasteiger partial charge on any atom is -0.494 e. The van der Waals surface area contributed by atoms with Crippen molar-refractivity contribution in [3.63, 3.8) is 0 Å². The van der Waals surface area contributed by atoms with Crippen molar-refractivity contribution in [2.75, 3.05) is 26.8 Å². The molecule has 2 N–H and O–H groups in total. The zero-order chi connectivity index (χ0) is 31.4. The second-order valence-corrected chi connectivity index (χ2v) is 11.9. The van der Waals surface area contributed by atoms with Crippen molar-refractivity contribution in [3.05, 3.63) is 84.3 Å². The normalized spacial score (nSPS) is 18.4. The lowest BCUT2D eigenvalue weighted by Crippen LogP contribution is -2.50. The Morgan fingerprint density at radius 1 is 1.09 bits per heavy atom. The highest BCUT2D eigenvalue weighted by Crippen LogP contribution is 2.36. The number of hydrogen-bond acceptors (Lipinski definition) is 7. The van der Waals surface area contributed by atoms with Crippen LogP contribution in [-0.2, 0) is 13.1 Å². The van der Waals surface area contributed by atoms with E-state index in [2.05, 4.69) is 15.2 Å². The third-order valence-corrected chi connectivity index (χ3v) is 8.74. The van der Waals surface area contributed by atoms with Crippen molar-refractivity contribution in [1.82, 2.24) is 33.8 Å². The van der Waals surface area contributed by atoms with Gasteiger partial charge in [0.25, 0.3) is 5.91 Å². The lowest BCUT2D eigenvalue weighted by atomic mass is 10.0. The molecule has 0 saturated carbocycles. The number of carbonyl (C=O) groups is 1. The van der Waals surface area contributed by atoms with E-state index >= 15 is 0 Å². The summed E-state index contributed by atoms with van der Waals surface area (Å²) in [6.07, 6.45) is 3.52. The maximum atomic E-state index is 14.4. The molecule has 0 spiro atoms. The number of benzene rings is 2. The third kappa shape index (κ3) is 4.85. The Labute approximate surface area is 264 Å². The first-order valence-electron chi connectivity index (χ1n) is 15.5. The number of halogens is 1. The number of rotatable bonds is 2. The predicted octanol–water partition coefficient (Wildman–Crippen LogP) is 4.59. The first-order chi connectivity index (χ1) is 22.5. The van der Waals surface area contributed by atoms with Crippen LogP contribution in [0.1, 0.15) is 28.9 Å². The molecule has 1 amide bonds. The number of para-hydroxylation sites is 2. The Hall–Kier alpha value is -5.23. The first kappa shape index (κ1) is 28.3. The molecule has 46 heavy (non-hydrogen) atoms. The molecule has 8 rings (SSSR count). The van der Waals surface area contributed by atoms with Gasteiger partial charge in [0, 0.05) is 42.5 Å². The molecule has 2 aliphatic heterocycles. The fourth-order valence-corrected chi connectivity index (χ4v) is 6.70. The molecule has 2 aliphatic rings. The molecule has 0 unspecified atom stereocenters. The van der Waals surface area contributed by atoms with E-state index < -0.39 is 12.2 Å². The summed E-state index contributed by atoms with van der Waals surface area (Å²) < 4.78 is 32.6. The van der Waals surface area contributed by atoms with Gasteiger partial charge in [0.05, 0.1) is 43.7 Å². The van der Waals surface area contributed by atoms with E-state index in [0.717, 1.165) is 45.8 Å². The standard InChI is InChI=1S/C34H33FN8O3/c1-45-30-16-22(34(44)40-18-23(35)17-24(36)19-40)14-26-31(30)42-20-25-9-12-43(39-25)27-7-2-3-8-29(27)46-13-5-11-41-28(33(42)38-26)15-21-6-4-10-37-32(21)41/h2-4,6-10,12,14-16,23-24H,5,11,13,17-20,36H2,1H3/t23-,24-/m1/s1. The molecule has 0 radical (unpaired) electrons. The monoisotopic (exact) mass is 620 g/mol. The fraction of sp³-hybridized carbons (Fsp3) is 0.294. The summed E-state index contributed by atoms with van der Waals surface area (Å²) in [5, 5.41) is 5.91. The van der Waals surface area contributed by atoms with Crippen LogP contribution < -0.4 is 15.2 Å². The van der Waals surface area contributed by atoms with Gasteiger partial charge in [-0.25, -0.2) is 19.0 Å². The van der Waals surface area contributed by atoms with Gasteiger partial charge in [0.1, 0.15) is 34.5 Å². The summed E-state index contributed by atoms with van der Waals surface area (Å²) in [5.41, 5.74) is 11.1. The number of nitrogens with zero attached hydrogens (tertiary/aromatic N) is 7. The van der Waals surface area contributed by atoms with Crippen LogP contribution in [0.5, 0.6) is 11.5 Å². The maximum absolute atomic E-state index is 14.4. The summed E-state index contributed by atoms with van der Waals surface area (Å²) in [4.78, 5) is 25.0. The number of amides is 1. The lowest BCUT2D eigenvalue weighted by molar-refractivity contribution is 0.0606. The topological polar surface area (TPSA) is 118 Å². The number of carbonyl (C=O) groups excluding carboxylic acids is 1. The second kappa shape index (κ2) is 11.3. The van der Waals surface area contributed by atoms with E-state index in [-0.39, 0.29) is 18.9 Å². The highest BCUT2D eigenvalue weighted by atomic mass is 19.1. The SMILES string of the molecule is COc1cc(C(=O)N2C[C@H](N)C[C@@H](F)C2)cc2nc3n(c12)Cc1ccn(n1)-c1ccccc1OCCCn1c-3cc2cccnc21. The molecular formula is C34H33FN8O3. The van der Waals surface area contributed by atoms with Gasteiger partial charge >= 0.3 is 0 Å². The number of alkyl halides is 1. The highest BCUT2D eigenvalue weighted by Gasteiger charge is 2.30. The molecule has 2 aromatic carbocycles. The average molecular weight is 621 g/mol. The largest absolute Gasteiger partial charge is 0.494 e. The van der Waals surface area contributed by atoms with E-state index in [1.165, 1.54) is 4.90 Å². The zero-order valence-electron chi connectivity index (χ0n) is 25.3. The number of imidazole rings is 1. The Kier molecular flexibility index (Phi) is 6.93. The van der Waals surface area contributed by atoms with Crippen molar-refractivity contribution in [2.24, 2.45) is 5.73 Å². The third-order valence-electron chi connectivity index (χ3n) is 8.74. The predicted molar refractivity (Wildman–Crippen MR) is 171 cm³/mol. The number of nitrogens with two attached hydrogens (primary N) is 1. The van der Waals surface area contributed by atoms with Crippen molar-refractivity contribution >= 4 is 28.0 Å². The Balaban J connectivity index is 1.33. The Morgan fingerprint density at radius 2 is 1.98 bits per heavy atom. The summed E-state index contributed by atoms with van der Waals surface area (Å²) in [5.74, 6) is 1.62. The number of hydrogen-bond donors (Lipinski definition) is 1. The Morgan fingerprint density at radius 3 is 2.85 bits per heavy atom. The number of likely N-dealkylation sites (tertiary alicyclic amines) is 1. The van der Waals surface area contributed by atoms with Crippen LogP contribution in [0.15, 0.2) is 73.1 Å². The molecule has 1 fully saturated rings. The van der Waals surface area contributed by atoms with Gasteiger partial charge in [-0.3, -0.25) is 4.79 Å². The van der Waals surface area contributed by atoms with Crippen molar-refractivity contribution < 1.29 is 18.7 Å². The van der Waals surface area contributed by atoms with Crippen LogP contribution in [0.4, 0.5) is 4.39 Å². The van der Waals surface area contributed by atoms with Gasteiger partial charge in [-0.1, -0.05) is 12.1 Å².